The third kappa shape index (κ3) is 3.81. The SMILES string of the molecule is Cc1ccccc1Cc1noc([C@@H](N)C(C)(C)C)n1.Cl. The van der Waals surface area contributed by atoms with Crippen molar-refractivity contribution in [1.29, 1.82) is 0 Å². The number of nitrogens with zero attached hydrogens (tertiary/aromatic N) is 2. The van der Waals surface area contributed by atoms with Crippen LogP contribution < -0.4 is 5.73 Å². The number of aryl methyl sites for hydroxylation is 1. The normalized spacial score (nSPS) is 12.8. The van der Waals surface area contributed by atoms with Crippen LogP contribution in [0.2, 0.25) is 0 Å². The van der Waals surface area contributed by atoms with Crippen LogP contribution in [0.5, 0.6) is 0 Å². The van der Waals surface area contributed by atoms with Crippen LogP contribution in [0.25, 0.3) is 0 Å². The first-order valence-electron chi connectivity index (χ1n) is 6.50. The molecule has 0 spiro atoms. The molecule has 0 amide bonds. The van der Waals surface area contributed by atoms with Crippen LogP contribution in [0.3, 0.4) is 0 Å². The van der Waals surface area contributed by atoms with E-state index in [1.165, 1.54) is 11.1 Å². The second-order valence-electron chi connectivity index (χ2n) is 6.00. The molecule has 0 fully saturated rings. The summed E-state index contributed by atoms with van der Waals surface area (Å²) < 4.78 is 5.28. The Morgan fingerprint density at radius 2 is 1.90 bits per heavy atom. The lowest BCUT2D eigenvalue weighted by molar-refractivity contribution is 0.252. The maximum atomic E-state index is 6.11. The number of hydrogen-bond acceptors (Lipinski definition) is 4. The topological polar surface area (TPSA) is 64.9 Å². The highest BCUT2D eigenvalue weighted by Gasteiger charge is 2.27. The summed E-state index contributed by atoms with van der Waals surface area (Å²) in [6, 6.07) is 7.96. The van der Waals surface area contributed by atoms with Gasteiger partial charge in [-0.05, 0) is 23.5 Å². The number of rotatable bonds is 3. The molecule has 0 bridgehead atoms. The van der Waals surface area contributed by atoms with E-state index in [-0.39, 0.29) is 23.9 Å². The molecule has 110 valence electrons. The van der Waals surface area contributed by atoms with Gasteiger partial charge in [-0.1, -0.05) is 50.2 Å². The number of benzene rings is 1. The molecule has 1 atom stereocenters. The number of hydrogen-bond donors (Lipinski definition) is 1. The van der Waals surface area contributed by atoms with Gasteiger partial charge in [-0.15, -0.1) is 12.4 Å². The van der Waals surface area contributed by atoms with E-state index < -0.39 is 0 Å². The lowest BCUT2D eigenvalue weighted by atomic mass is 9.87. The third-order valence-electron chi connectivity index (χ3n) is 3.29. The Kier molecular flexibility index (Phi) is 5.31. The van der Waals surface area contributed by atoms with E-state index in [1.54, 1.807) is 0 Å². The highest BCUT2D eigenvalue weighted by Crippen LogP contribution is 2.29. The van der Waals surface area contributed by atoms with Gasteiger partial charge in [0.15, 0.2) is 5.82 Å². The van der Waals surface area contributed by atoms with Crippen molar-refractivity contribution in [1.82, 2.24) is 10.1 Å². The van der Waals surface area contributed by atoms with Crippen molar-refractivity contribution >= 4 is 12.4 Å². The van der Waals surface area contributed by atoms with Crippen molar-refractivity contribution in [2.75, 3.05) is 0 Å². The first kappa shape index (κ1) is 16.7. The molecule has 1 aromatic heterocycles. The lowest BCUT2D eigenvalue weighted by Gasteiger charge is -2.23. The van der Waals surface area contributed by atoms with E-state index in [1.807, 2.05) is 12.1 Å². The summed E-state index contributed by atoms with van der Waals surface area (Å²) in [7, 11) is 0. The van der Waals surface area contributed by atoms with Gasteiger partial charge in [-0.25, -0.2) is 0 Å². The quantitative estimate of drug-likeness (QED) is 0.942. The zero-order valence-corrected chi connectivity index (χ0v) is 13.2. The molecule has 2 rings (SSSR count). The molecule has 4 nitrogen and oxygen atoms in total. The average molecular weight is 296 g/mol. The van der Waals surface area contributed by atoms with Crippen LogP contribution in [-0.2, 0) is 6.42 Å². The Balaban J connectivity index is 0.00000200. The standard InChI is InChI=1S/C15H21N3O.ClH/c1-10-7-5-6-8-11(10)9-12-17-14(19-18-12)13(16)15(2,3)4;/h5-8,13H,9,16H2,1-4H3;1H/t13-;/m1./s1. The van der Waals surface area contributed by atoms with Gasteiger partial charge in [0.25, 0.3) is 0 Å². The van der Waals surface area contributed by atoms with E-state index in [0.717, 1.165) is 0 Å². The molecule has 0 saturated heterocycles. The molecule has 0 aliphatic carbocycles. The van der Waals surface area contributed by atoms with Gasteiger partial charge in [-0.2, -0.15) is 4.98 Å². The van der Waals surface area contributed by atoms with E-state index in [0.29, 0.717) is 18.1 Å². The van der Waals surface area contributed by atoms with E-state index in [2.05, 4.69) is 50.0 Å². The average Bonchev–Trinajstić information content (AvgIpc) is 2.78. The highest BCUT2D eigenvalue weighted by molar-refractivity contribution is 5.85. The molecule has 1 aromatic carbocycles. The van der Waals surface area contributed by atoms with E-state index in [9.17, 15) is 0 Å². The van der Waals surface area contributed by atoms with E-state index >= 15 is 0 Å². The monoisotopic (exact) mass is 295 g/mol. The maximum absolute atomic E-state index is 6.11. The fourth-order valence-electron chi connectivity index (χ4n) is 1.81. The van der Waals surface area contributed by atoms with Gasteiger partial charge >= 0.3 is 0 Å². The second kappa shape index (κ2) is 6.37. The van der Waals surface area contributed by atoms with Gasteiger partial charge in [0.1, 0.15) is 0 Å². The zero-order valence-electron chi connectivity index (χ0n) is 12.4. The first-order valence-corrected chi connectivity index (χ1v) is 6.50. The predicted octanol–water partition coefficient (Wildman–Crippen LogP) is 3.44. The molecule has 0 unspecified atom stereocenters. The second-order valence-corrected chi connectivity index (χ2v) is 6.00. The summed E-state index contributed by atoms with van der Waals surface area (Å²) in [5.41, 5.74) is 8.46. The van der Waals surface area contributed by atoms with Gasteiger partial charge in [0, 0.05) is 6.42 Å². The summed E-state index contributed by atoms with van der Waals surface area (Å²) in [5.74, 6) is 1.19. The fourth-order valence-corrected chi connectivity index (χ4v) is 1.81. The Morgan fingerprint density at radius 3 is 2.50 bits per heavy atom. The van der Waals surface area contributed by atoms with Crippen molar-refractivity contribution in [2.24, 2.45) is 11.1 Å². The summed E-state index contributed by atoms with van der Waals surface area (Å²) in [6.45, 7) is 8.26. The van der Waals surface area contributed by atoms with Crippen molar-refractivity contribution in [3.05, 3.63) is 47.1 Å². The Bertz CT molecular complexity index is 560. The third-order valence-corrected chi connectivity index (χ3v) is 3.29. The zero-order chi connectivity index (χ0) is 14.0. The molecular formula is C15H22ClN3O. The van der Waals surface area contributed by atoms with Crippen LogP contribution in [0.4, 0.5) is 0 Å². The highest BCUT2D eigenvalue weighted by atomic mass is 35.5. The van der Waals surface area contributed by atoms with Crippen LogP contribution in [0.15, 0.2) is 28.8 Å². The van der Waals surface area contributed by atoms with Gasteiger partial charge in [-0.3, -0.25) is 0 Å². The number of aromatic nitrogens is 2. The number of halogens is 1. The van der Waals surface area contributed by atoms with Gasteiger partial charge < -0.3 is 10.3 Å². The molecule has 20 heavy (non-hydrogen) atoms. The van der Waals surface area contributed by atoms with Crippen molar-refractivity contribution in [3.63, 3.8) is 0 Å². The van der Waals surface area contributed by atoms with Crippen LogP contribution in [-0.4, -0.2) is 10.1 Å². The Labute approximate surface area is 126 Å². The Hall–Kier alpha value is -1.39. The molecule has 0 saturated carbocycles. The van der Waals surface area contributed by atoms with Crippen LogP contribution in [0, 0.1) is 12.3 Å². The smallest absolute Gasteiger partial charge is 0.244 e. The molecule has 0 aliphatic rings. The first-order chi connectivity index (χ1) is 8.88. The molecule has 0 aliphatic heterocycles. The number of nitrogens with two attached hydrogens (primary N) is 1. The molecule has 2 aromatic rings. The molecule has 0 radical (unpaired) electrons. The molecule has 5 heteroatoms. The summed E-state index contributed by atoms with van der Waals surface area (Å²) in [4.78, 5) is 4.41. The lowest BCUT2D eigenvalue weighted by Crippen LogP contribution is -2.26. The minimum absolute atomic E-state index is 0. The predicted molar refractivity (Wildman–Crippen MR) is 81.9 cm³/mol. The molecular weight excluding hydrogens is 274 g/mol. The summed E-state index contributed by atoms with van der Waals surface area (Å²) in [5, 5.41) is 4.02. The van der Waals surface area contributed by atoms with Crippen LogP contribution >= 0.6 is 12.4 Å². The fraction of sp³-hybridized carbons (Fsp3) is 0.467. The van der Waals surface area contributed by atoms with Crippen molar-refractivity contribution < 1.29 is 4.52 Å². The molecule has 2 N–H and O–H groups in total. The van der Waals surface area contributed by atoms with Crippen LogP contribution in [0.1, 0.15) is 49.7 Å². The summed E-state index contributed by atoms with van der Waals surface area (Å²) in [6.07, 6.45) is 0.674. The molecule has 1 heterocycles. The minimum Gasteiger partial charge on any atom is -0.338 e. The minimum atomic E-state index is -0.245. The largest absolute Gasteiger partial charge is 0.338 e. The maximum Gasteiger partial charge on any atom is 0.244 e. The van der Waals surface area contributed by atoms with Gasteiger partial charge in [0.05, 0.1) is 6.04 Å². The summed E-state index contributed by atoms with van der Waals surface area (Å²) >= 11 is 0. The Morgan fingerprint density at radius 1 is 1.25 bits per heavy atom. The van der Waals surface area contributed by atoms with Gasteiger partial charge in [0.2, 0.25) is 5.89 Å². The van der Waals surface area contributed by atoms with Crippen molar-refractivity contribution in [2.45, 2.75) is 40.2 Å². The van der Waals surface area contributed by atoms with Crippen molar-refractivity contribution in [3.8, 4) is 0 Å². The van der Waals surface area contributed by atoms with E-state index in [4.69, 9.17) is 10.3 Å².